The molecule has 1 amide bonds. The molecular formula is C16H18N2O3. The quantitative estimate of drug-likeness (QED) is 0.881. The Kier molecular flexibility index (Phi) is 4.77. The molecule has 2 N–H and O–H groups in total. The van der Waals surface area contributed by atoms with Gasteiger partial charge < -0.3 is 15.0 Å². The summed E-state index contributed by atoms with van der Waals surface area (Å²) in [6, 6.07) is 12.4. The molecule has 0 aliphatic carbocycles. The number of nitrogens with one attached hydrogen (secondary N) is 2. The second kappa shape index (κ2) is 6.74. The molecule has 0 aliphatic rings. The number of carbonyl (C=O) groups is 1. The summed E-state index contributed by atoms with van der Waals surface area (Å²) in [5.41, 5.74) is 0.438. The topological polar surface area (TPSA) is 71.2 Å². The van der Waals surface area contributed by atoms with Crippen molar-refractivity contribution in [3.63, 3.8) is 0 Å². The summed E-state index contributed by atoms with van der Waals surface area (Å²) in [4.78, 5) is 26.3. The Morgan fingerprint density at radius 2 is 1.95 bits per heavy atom. The monoisotopic (exact) mass is 286 g/mol. The van der Waals surface area contributed by atoms with Gasteiger partial charge in [0.1, 0.15) is 17.9 Å². The summed E-state index contributed by atoms with van der Waals surface area (Å²) in [5, 5.41) is 2.74. The Morgan fingerprint density at radius 1 is 1.24 bits per heavy atom. The van der Waals surface area contributed by atoms with Gasteiger partial charge in [0.05, 0.1) is 6.04 Å². The number of para-hydroxylation sites is 1. The zero-order chi connectivity index (χ0) is 15.2. The third-order valence-corrected chi connectivity index (χ3v) is 2.92. The summed E-state index contributed by atoms with van der Waals surface area (Å²) in [5.74, 6) is 0.340. The smallest absolute Gasteiger partial charge is 0.260 e. The maximum atomic E-state index is 12.0. The van der Waals surface area contributed by atoms with Crippen LogP contribution in [0.3, 0.4) is 0 Å². The van der Waals surface area contributed by atoms with Crippen molar-refractivity contribution >= 4 is 5.91 Å². The predicted octanol–water partition coefficient (Wildman–Crippen LogP) is 1.88. The Hall–Kier alpha value is -2.56. The lowest BCUT2D eigenvalue weighted by Crippen LogP contribution is -2.39. The van der Waals surface area contributed by atoms with E-state index >= 15 is 0 Å². The molecule has 0 saturated heterocycles. The fraction of sp³-hybridized carbons (Fsp3) is 0.250. The molecule has 1 heterocycles. The van der Waals surface area contributed by atoms with Gasteiger partial charge in [-0.3, -0.25) is 9.59 Å². The van der Waals surface area contributed by atoms with Crippen LogP contribution in [0.2, 0.25) is 0 Å². The summed E-state index contributed by atoms with van der Waals surface area (Å²) >= 11 is 0. The third-order valence-electron chi connectivity index (χ3n) is 2.92. The molecule has 0 bridgehead atoms. The van der Waals surface area contributed by atoms with Gasteiger partial charge in [-0.05, 0) is 38.1 Å². The van der Waals surface area contributed by atoms with Crippen molar-refractivity contribution in [2.75, 3.05) is 6.61 Å². The van der Waals surface area contributed by atoms with Crippen LogP contribution in [-0.4, -0.2) is 23.5 Å². The number of benzene rings is 1. The molecule has 5 heteroatoms. The number of carbonyl (C=O) groups excluding carboxylic acids is 1. The summed E-state index contributed by atoms with van der Waals surface area (Å²) in [6.45, 7) is 3.92. The molecule has 1 aromatic carbocycles. The number of hydrogen-bond donors (Lipinski definition) is 2. The molecule has 21 heavy (non-hydrogen) atoms. The molecule has 0 unspecified atom stereocenters. The molecule has 0 aliphatic heterocycles. The highest BCUT2D eigenvalue weighted by atomic mass is 16.5. The number of H-pyrrole nitrogens is 1. The van der Waals surface area contributed by atoms with Crippen molar-refractivity contribution in [1.82, 2.24) is 10.3 Å². The molecule has 0 radical (unpaired) electrons. The van der Waals surface area contributed by atoms with Crippen LogP contribution in [0.25, 0.3) is 0 Å². The fourth-order valence-electron chi connectivity index (χ4n) is 1.83. The van der Waals surface area contributed by atoms with Crippen molar-refractivity contribution in [2.24, 2.45) is 0 Å². The van der Waals surface area contributed by atoms with Gasteiger partial charge in [-0.1, -0.05) is 18.2 Å². The van der Waals surface area contributed by atoms with Crippen LogP contribution in [0.1, 0.15) is 23.0 Å². The number of aromatic amines is 1. The number of ether oxygens (including phenoxy) is 1. The average molecular weight is 286 g/mol. The van der Waals surface area contributed by atoms with Crippen molar-refractivity contribution in [2.45, 2.75) is 19.9 Å². The summed E-state index contributed by atoms with van der Waals surface area (Å²) in [6.07, 6.45) is 0. The maximum Gasteiger partial charge on any atom is 0.260 e. The lowest BCUT2D eigenvalue weighted by Gasteiger charge is -2.14. The standard InChI is InChI=1S/C16H18N2O3/c1-11-8-9-14(15(19)17-11)16(20)18-12(2)10-21-13-6-4-3-5-7-13/h3-9,12H,10H2,1-2H3,(H,17,19)(H,18,20)/t12-/m0/s1. The zero-order valence-corrected chi connectivity index (χ0v) is 12.1. The highest BCUT2D eigenvalue weighted by Gasteiger charge is 2.13. The van der Waals surface area contributed by atoms with E-state index < -0.39 is 5.91 Å². The van der Waals surface area contributed by atoms with E-state index in [1.807, 2.05) is 37.3 Å². The van der Waals surface area contributed by atoms with Crippen LogP contribution < -0.4 is 15.6 Å². The number of aryl methyl sites for hydroxylation is 1. The zero-order valence-electron chi connectivity index (χ0n) is 12.1. The van der Waals surface area contributed by atoms with Gasteiger partial charge in [-0.25, -0.2) is 0 Å². The minimum atomic E-state index is -0.402. The first-order valence-electron chi connectivity index (χ1n) is 6.75. The third kappa shape index (κ3) is 4.21. The van der Waals surface area contributed by atoms with Gasteiger partial charge in [0.15, 0.2) is 0 Å². The number of rotatable bonds is 5. The van der Waals surface area contributed by atoms with E-state index in [1.54, 1.807) is 13.0 Å². The summed E-state index contributed by atoms with van der Waals surface area (Å²) < 4.78 is 5.55. The Labute approximate surface area is 123 Å². The van der Waals surface area contributed by atoms with Crippen LogP contribution in [0.5, 0.6) is 5.75 Å². The van der Waals surface area contributed by atoms with Gasteiger partial charge >= 0.3 is 0 Å². The van der Waals surface area contributed by atoms with Crippen LogP contribution >= 0.6 is 0 Å². The second-order valence-corrected chi connectivity index (χ2v) is 4.88. The number of pyridine rings is 1. The number of aromatic nitrogens is 1. The molecule has 1 atom stereocenters. The summed E-state index contributed by atoms with van der Waals surface area (Å²) in [7, 11) is 0. The van der Waals surface area contributed by atoms with Crippen LogP contribution in [0, 0.1) is 6.92 Å². The molecule has 0 saturated carbocycles. The maximum absolute atomic E-state index is 12.0. The van der Waals surface area contributed by atoms with Crippen LogP contribution in [0.15, 0.2) is 47.3 Å². The van der Waals surface area contributed by atoms with Crippen molar-refractivity contribution in [3.8, 4) is 5.75 Å². The Balaban J connectivity index is 1.91. The van der Waals surface area contributed by atoms with Crippen molar-refractivity contribution < 1.29 is 9.53 Å². The largest absolute Gasteiger partial charge is 0.491 e. The molecule has 5 nitrogen and oxygen atoms in total. The van der Waals surface area contributed by atoms with E-state index in [2.05, 4.69) is 10.3 Å². The molecule has 110 valence electrons. The second-order valence-electron chi connectivity index (χ2n) is 4.88. The first kappa shape index (κ1) is 14.8. The van der Waals surface area contributed by atoms with Crippen molar-refractivity contribution in [3.05, 3.63) is 64.1 Å². The van der Waals surface area contributed by atoms with E-state index in [9.17, 15) is 9.59 Å². The lowest BCUT2D eigenvalue weighted by atomic mass is 10.2. The van der Waals surface area contributed by atoms with E-state index in [0.717, 1.165) is 11.4 Å². The van der Waals surface area contributed by atoms with Gasteiger partial charge in [0.25, 0.3) is 11.5 Å². The molecule has 2 rings (SSSR count). The number of hydrogen-bond acceptors (Lipinski definition) is 3. The molecule has 2 aromatic rings. The lowest BCUT2D eigenvalue weighted by molar-refractivity contribution is 0.0925. The minimum absolute atomic E-state index is 0.104. The van der Waals surface area contributed by atoms with Crippen LogP contribution in [-0.2, 0) is 0 Å². The Morgan fingerprint density at radius 3 is 2.62 bits per heavy atom. The van der Waals surface area contributed by atoms with Gasteiger partial charge in [-0.15, -0.1) is 0 Å². The normalized spacial score (nSPS) is 11.7. The van der Waals surface area contributed by atoms with Crippen molar-refractivity contribution in [1.29, 1.82) is 0 Å². The predicted molar refractivity (Wildman–Crippen MR) is 80.7 cm³/mol. The highest BCUT2D eigenvalue weighted by molar-refractivity contribution is 5.93. The SMILES string of the molecule is Cc1ccc(C(=O)N[C@@H](C)COc2ccccc2)c(=O)[nH]1. The number of amides is 1. The molecule has 0 spiro atoms. The minimum Gasteiger partial charge on any atom is -0.491 e. The van der Waals surface area contributed by atoms with Crippen LogP contribution in [0.4, 0.5) is 0 Å². The molecule has 0 fully saturated rings. The molecular weight excluding hydrogens is 268 g/mol. The van der Waals surface area contributed by atoms with E-state index in [1.165, 1.54) is 6.07 Å². The van der Waals surface area contributed by atoms with E-state index in [4.69, 9.17) is 4.74 Å². The average Bonchev–Trinajstić information content (AvgIpc) is 2.46. The highest BCUT2D eigenvalue weighted by Crippen LogP contribution is 2.08. The van der Waals surface area contributed by atoms with Gasteiger partial charge in [0, 0.05) is 5.69 Å². The van der Waals surface area contributed by atoms with E-state index in [0.29, 0.717) is 6.61 Å². The van der Waals surface area contributed by atoms with Gasteiger partial charge in [0.2, 0.25) is 0 Å². The first-order chi connectivity index (χ1) is 10.1. The Bertz CT molecular complexity index is 665. The van der Waals surface area contributed by atoms with E-state index in [-0.39, 0.29) is 17.2 Å². The molecule has 1 aromatic heterocycles. The fourth-order valence-corrected chi connectivity index (χ4v) is 1.83. The van der Waals surface area contributed by atoms with Gasteiger partial charge in [-0.2, -0.15) is 0 Å². The first-order valence-corrected chi connectivity index (χ1v) is 6.75.